The zero-order valence-electron chi connectivity index (χ0n) is 30.6. The molecule has 56 heavy (non-hydrogen) atoms. The number of hydrogen-bond donors (Lipinski definition) is 2. The fourth-order valence-electron chi connectivity index (χ4n) is 6.21. The van der Waals surface area contributed by atoms with Crippen LogP contribution in [0.15, 0.2) is 91.1 Å². The van der Waals surface area contributed by atoms with Gasteiger partial charge in [-0.2, -0.15) is 0 Å². The van der Waals surface area contributed by atoms with Crippen molar-refractivity contribution in [2.24, 2.45) is 0 Å². The summed E-state index contributed by atoms with van der Waals surface area (Å²) in [5, 5.41) is 15.4. The van der Waals surface area contributed by atoms with Crippen LogP contribution in [0.5, 0.6) is 11.5 Å². The quantitative estimate of drug-likeness (QED) is 0.107. The normalized spacial score (nSPS) is 14.4. The monoisotopic (exact) mass is 789 g/mol. The van der Waals surface area contributed by atoms with Gasteiger partial charge in [0, 0.05) is 54.7 Å². The van der Waals surface area contributed by atoms with Crippen LogP contribution in [0.1, 0.15) is 57.2 Å². The molecule has 0 saturated heterocycles. The second-order valence-electron chi connectivity index (χ2n) is 13.8. The van der Waals surface area contributed by atoms with Crippen LogP contribution in [-0.2, 0) is 23.9 Å². The van der Waals surface area contributed by atoms with Gasteiger partial charge in [0.15, 0.2) is 5.13 Å². The van der Waals surface area contributed by atoms with E-state index in [1.807, 2.05) is 18.2 Å². The highest BCUT2D eigenvalue weighted by Gasteiger charge is 2.35. The van der Waals surface area contributed by atoms with Gasteiger partial charge < -0.3 is 19.9 Å². The number of rotatable bonds is 15. The third kappa shape index (κ3) is 9.49. The Morgan fingerprint density at radius 3 is 2.38 bits per heavy atom. The number of fused-ring (bicyclic) bond motifs is 2. The van der Waals surface area contributed by atoms with Gasteiger partial charge in [0.25, 0.3) is 11.8 Å². The van der Waals surface area contributed by atoms with Crippen LogP contribution in [0.3, 0.4) is 0 Å². The van der Waals surface area contributed by atoms with Crippen molar-refractivity contribution in [2.45, 2.75) is 64.1 Å². The van der Waals surface area contributed by atoms with Crippen LogP contribution in [-0.4, -0.2) is 74.8 Å². The van der Waals surface area contributed by atoms with Crippen molar-refractivity contribution in [3.05, 3.63) is 102 Å². The Kier molecular flexibility index (Phi) is 11.7. The lowest BCUT2D eigenvalue weighted by Crippen LogP contribution is -2.41. The van der Waals surface area contributed by atoms with Crippen molar-refractivity contribution in [3.63, 3.8) is 0 Å². The minimum atomic E-state index is -4.92. The minimum absolute atomic E-state index is 0.0528. The van der Waals surface area contributed by atoms with Gasteiger partial charge in [0.2, 0.25) is 11.8 Å². The summed E-state index contributed by atoms with van der Waals surface area (Å²) in [4.78, 5) is 62.3. The summed E-state index contributed by atoms with van der Waals surface area (Å²) in [6.07, 6.45) is -1.04. The van der Waals surface area contributed by atoms with E-state index in [1.165, 1.54) is 34.6 Å². The van der Waals surface area contributed by atoms with Gasteiger partial charge in [-0.3, -0.25) is 34.0 Å². The molecule has 2 atom stereocenters. The summed E-state index contributed by atoms with van der Waals surface area (Å²) in [5.74, 6) is -2.39. The standard InChI is InChI=1S/C40H38F3N5O7S/c1-24(45-31(49)19-22-47-32(50)16-17-33(47)51)23-54-39(2,3)20-18-34(52)48(38-46-29-8-4-5-9-30(29)56-38)36(26-10-13-27(14-11-26)55-40(41,42)43)28-15-12-25-7-6-21-44-35(25)37(28)53/h4-17,21,24,36,53H,18-20,22-23H2,1-3H3,(H,45,49). The van der Waals surface area contributed by atoms with E-state index in [1.54, 1.807) is 51.1 Å². The molecule has 0 bridgehead atoms. The summed E-state index contributed by atoms with van der Waals surface area (Å²) in [5.41, 5.74) is 0.650. The number of nitrogens with one attached hydrogen (secondary N) is 1. The van der Waals surface area contributed by atoms with Crippen molar-refractivity contribution < 1.29 is 46.9 Å². The number of carbonyl (C=O) groups excluding carboxylic acids is 4. The van der Waals surface area contributed by atoms with Crippen LogP contribution in [0, 0.1) is 0 Å². The van der Waals surface area contributed by atoms with Gasteiger partial charge in [-0.1, -0.05) is 53.8 Å². The number of halogens is 3. The molecule has 0 spiro atoms. The zero-order valence-corrected chi connectivity index (χ0v) is 31.4. The number of phenols is 1. The lowest BCUT2D eigenvalue weighted by Gasteiger charge is -2.33. The first kappa shape index (κ1) is 39.8. The molecular weight excluding hydrogens is 752 g/mol. The second kappa shape index (κ2) is 16.5. The Morgan fingerprint density at radius 2 is 1.68 bits per heavy atom. The highest BCUT2D eigenvalue weighted by molar-refractivity contribution is 7.22. The molecule has 2 unspecified atom stereocenters. The van der Waals surface area contributed by atoms with Crippen molar-refractivity contribution in [1.82, 2.24) is 20.2 Å². The number of pyridine rings is 1. The largest absolute Gasteiger partial charge is 0.573 e. The Balaban J connectivity index is 1.25. The molecule has 6 rings (SSSR count). The summed E-state index contributed by atoms with van der Waals surface area (Å²) in [7, 11) is 0. The molecule has 4 amide bonds. The average molecular weight is 790 g/mol. The molecule has 3 heterocycles. The molecule has 0 aliphatic carbocycles. The first-order valence-electron chi connectivity index (χ1n) is 17.7. The van der Waals surface area contributed by atoms with Crippen molar-refractivity contribution in [2.75, 3.05) is 18.1 Å². The van der Waals surface area contributed by atoms with E-state index in [-0.39, 0.29) is 55.2 Å². The van der Waals surface area contributed by atoms with E-state index in [9.17, 15) is 37.5 Å². The molecule has 1 aliphatic rings. The van der Waals surface area contributed by atoms with Gasteiger partial charge in [0.1, 0.15) is 17.0 Å². The molecule has 3 aromatic carbocycles. The number of hydrogen-bond acceptors (Lipinski definition) is 10. The predicted octanol–water partition coefficient (Wildman–Crippen LogP) is 6.97. The molecule has 0 saturated carbocycles. The predicted molar refractivity (Wildman–Crippen MR) is 203 cm³/mol. The van der Waals surface area contributed by atoms with Crippen molar-refractivity contribution >= 4 is 61.2 Å². The molecular formula is C40H38F3N5O7S. The van der Waals surface area contributed by atoms with Crippen LogP contribution in [0.25, 0.3) is 21.1 Å². The molecule has 1 aliphatic heterocycles. The number of aromatic nitrogens is 2. The van der Waals surface area contributed by atoms with Crippen LogP contribution in [0.2, 0.25) is 0 Å². The first-order chi connectivity index (χ1) is 26.6. The number of alkyl halides is 3. The minimum Gasteiger partial charge on any atom is -0.505 e. The number of thiazole rings is 1. The SMILES string of the molecule is CC(COC(C)(C)CCC(=O)N(c1nc2ccccc2s1)C(c1ccc(OC(F)(F)F)cc1)c1ccc2cccnc2c1O)NC(=O)CCN1C(=O)C=CC1=O. The maximum absolute atomic E-state index is 14.6. The molecule has 5 aromatic rings. The Labute approximate surface area is 323 Å². The zero-order chi connectivity index (χ0) is 40.2. The summed E-state index contributed by atoms with van der Waals surface area (Å²) >= 11 is 1.25. The number of nitrogens with zero attached hydrogens (tertiary/aromatic N) is 4. The number of ether oxygens (including phenoxy) is 2. The smallest absolute Gasteiger partial charge is 0.505 e. The fraction of sp³-hybridized carbons (Fsp3) is 0.300. The fourth-order valence-corrected chi connectivity index (χ4v) is 7.23. The van der Waals surface area contributed by atoms with Crippen LogP contribution < -0.4 is 15.0 Å². The van der Waals surface area contributed by atoms with Crippen molar-refractivity contribution in [3.8, 4) is 11.5 Å². The summed E-state index contributed by atoms with van der Waals surface area (Å²) < 4.78 is 50.3. The molecule has 2 aromatic heterocycles. The van der Waals surface area contributed by atoms with Gasteiger partial charge in [-0.25, -0.2) is 4.98 Å². The highest BCUT2D eigenvalue weighted by Crippen LogP contribution is 2.43. The van der Waals surface area contributed by atoms with E-state index in [0.717, 1.165) is 33.9 Å². The number of imide groups is 1. The van der Waals surface area contributed by atoms with Gasteiger partial charge in [-0.15, -0.1) is 13.2 Å². The molecule has 0 radical (unpaired) electrons. The van der Waals surface area contributed by atoms with Crippen LogP contribution in [0.4, 0.5) is 18.3 Å². The van der Waals surface area contributed by atoms with Gasteiger partial charge in [-0.05, 0) is 63.1 Å². The third-order valence-corrected chi connectivity index (χ3v) is 10.1. The molecule has 292 valence electrons. The molecule has 2 N–H and O–H groups in total. The number of carbonyl (C=O) groups is 4. The number of anilines is 1. The van der Waals surface area contributed by atoms with E-state index in [0.29, 0.717) is 21.6 Å². The Bertz CT molecular complexity index is 2240. The number of para-hydroxylation sites is 1. The van der Waals surface area contributed by atoms with Crippen LogP contribution >= 0.6 is 11.3 Å². The topological polar surface area (TPSA) is 151 Å². The third-order valence-electron chi connectivity index (χ3n) is 9.05. The highest BCUT2D eigenvalue weighted by atomic mass is 32.1. The van der Waals surface area contributed by atoms with Crippen molar-refractivity contribution in [1.29, 1.82) is 0 Å². The Hall–Kier alpha value is -5.87. The maximum Gasteiger partial charge on any atom is 0.573 e. The molecule has 12 nitrogen and oxygen atoms in total. The van der Waals surface area contributed by atoms with Gasteiger partial charge >= 0.3 is 6.36 Å². The summed E-state index contributed by atoms with van der Waals surface area (Å²) in [6, 6.07) is 17.8. The van der Waals surface area contributed by atoms with E-state index < -0.39 is 47.5 Å². The van der Waals surface area contributed by atoms with E-state index in [4.69, 9.17) is 9.72 Å². The maximum atomic E-state index is 14.6. The lowest BCUT2D eigenvalue weighted by molar-refractivity contribution is -0.274. The second-order valence-corrected chi connectivity index (χ2v) is 14.8. The molecule has 0 fully saturated rings. The van der Waals surface area contributed by atoms with Gasteiger partial charge in [0.05, 0.1) is 28.5 Å². The first-order valence-corrected chi connectivity index (χ1v) is 18.5. The lowest BCUT2D eigenvalue weighted by atomic mass is 9.94. The average Bonchev–Trinajstić information content (AvgIpc) is 3.73. The molecule has 16 heteroatoms. The van der Waals surface area contributed by atoms with E-state index >= 15 is 0 Å². The number of benzene rings is 3. The number of amides is 4. The summed E-state index contributed by atoms with van der Waals surface area (Å²) in [6.45, 7) is 5.37. The Morgan fingerprint density at radius 1 is 0.964 bits per heavy atom. The number of aromatic hydroxyl groups is 1. The van der Waals surface area contributed by atoms with E-state index in [2.05, 4.69) is 15.0 Å². The number of phenolic OH excluding ortho intramolecular Hbond substituents is 1.